The van der Waals surface area contributed by atoms with Gasteiger partial charge in [-0.2, -0.15) is 0 Å². The van der Waals surface area contributed by atoms with Crippen molar-refractivity contribution in [3.63, 3.8) is 0 Å². The van der Waals surface area contributed by atoms with E-state index in [0.717, 1.165) is 37.6 Å². The first-order valence-electron chi connectivity index (χ1n) is 7.01. The molecule has 0 radical (unpaired) electrons. The monoisotopic (exact) mass is 297 g/mol. The van der Waals surface area contributed by atoms with Crippen molar-refractivity contribution in [1.82, 2.24) is 15.2 Å². The van der Waals surface area contributed by atoms with E-state index in [4.69, 9.17) is 4.74 Å². The lowest BCUT2D eigenvalue weighted by molar-refractivity contribution is 0.0288. The lowest BCUT2D eigenvalue weighted by Gasteiger charge is -2.24. The average molecular weight is 297 g/mol. The normalized spacial score (nSPS) is 19.4. The Bertz CT molecular complexity index is 428. The van der Waals surface area contributed by atoms with E-state index in [1.807, 2.05) is 32.3 Å². The van der Waals surface area contributed by atoms with E-state index in [9.17, 15) is 4.79 Å². The molecule has 1 amide bonds. The molecule has 0 aliphatic carbocycles. The van der Waals surface area contributed by atoms with Crippen LogP contribution < -0.4 is 5.32 Å². The van der Waals surface area contributed by atoms with Crippen molar-refractivity contribution in [1.29, 1.82) is 0 Å². The minimum atomic E-state index is -0.418. The highest BCUT2D eigenvalue weighted by atomic mass is 32.1. The standard InChI is InChI=1S/C14H23N3O2S/c1-14(2,3)19-13(18)17-6-4-11(10-17)8-15-9-12-16-5-7-20-12/h5,7,11,15H,4,6,8-10H2,1-3H3. The van der Waals surface area contributed by atoms with Gasteiger partial charge in [-0.1, -0.05) is 0 Å². The minimum Gasteiger partial charge on any atom is -0.444 e. The van der Waals surface area contributed by atoms with Gasteiger partial charge in [-0.25, -0.2) is 9.78 Å². The van der Waals surface area contributed by atoms with Crippen LogP contribution in [-0.4, -0.2) is 41.2 Å². The van der Waals surface area contributed by atoms with Gasteiger partial charge in [0.05, 0.1) is 0 Å². The van der Waals surface area contributed by atoms with E-state index in [2.05, 4.69) is 10.3 Å². The number of carbonyl (C=O) groups excluding carboxylic acids is 1. The molecule has 112 valence electrons. The highest BCUT2D eigenvalue weighted by molar-refractivity contribution is 7.09. The van der Waals surface area contributed by atoms with Gasteiger partial charge in [0, 0.05) is 37.8 Å². The first kappa shape index (κ1) is 15.3. The number of ether oxygens (including phenoxy) is 1. The summed E-state index contributed by atoms with van der Waals surface area (Å²) in [7, 11) is 0. The van der Waals surface area contributed by atoms with Crippen molar-refractivity contribution in [2.24, 2.45) is 5.92 Å². The lowest BCUT2D eigenvalue weighted by Crippen LogP contribution is -2.36. The third-order valence-corrected chi connectivity index (χ3v) is 3.91. The molecule has 1 N–H and O–H groups in total. The molecule has 0 aromatic carbocycles. The Morgan fingerprint density at radius 1 is 1.60 bits per heavy atom. The van der Waals surface area contributed by atoms with E-state index >= 15 is 0 Å². The largest absolute Gasteiger partial charge is 0.444 e. The third-order valence-electron chi connectivity index (χ3n) is 3.13. The number of likely N-dealkylation sites (tertiary alicyclic amines) is 1. The molecular weight excluding hydrogens is 274 g/mol. The van der Waals surface area contributed by atoms with Crippen LogP contribution >= 0.6 is 11.3 Å². The fourth-order valence-electron chi connectivity index (χ4n) is 2.22. The van der Waals surface area contributed by atoms with Crippen molar-refractivity contribution in [3.8, 4) is 0 Å². The summed E-state index contributed by atoms with van der Waals surface area (Å²) in [5.41, 5.74) is -0.418. The molecule has 2 rings (SSSR count). The summed E-state index contributed by atoms with van der Waals surface area (Å²) in [6.45, 7) is 8.98. The molecule has 0 bridgehead atoms. The van der Waals surface area contributed by atoms with Gasteiger partial charge in [-0.3, -0.25) is 0 Å². The van der Waals surface area contributed by atoms with Gasteiger partial charge in [-0.05, 0) is 33.1 Å². The molecule has 1 saturated heterocycles. The maximum atomic E-state index is 11.9. The van der Waals surface area contributed by atoms with Gasteiger partial charge in [0.25, 0.3) is 0 Å². The number of amides is 1. The van der Waals surface area contributed by atoms with Crippen molar-refractivity contribution in [2.75, 3.05) is 19.6 Å². The number of carbonyl (C=O) groups is 1. The summed E-state index contributed by atoms with van der Waals surface area (Å²) in [5, 5.41) is 6.49. The molecular formula is C14H23N3O2S. The Hall–Kier alpha value is -1.14. The highest BCUT2D eigenvalue weighted by Gasteiger charge is 2.29. The molecule has 2 heterocycles. The Labute approximate surface area is 124 Å². The van der Waals surface area contributed by atoms with E-state index in [1.54, 1.807) is 16.2 Å². The summed E-state index contributed by atoms with van der Waals surface area (Å²) in [6, 6.07) is 0. The molecule has 6 heteroatoms. The van der Waals surface area contributed by atoms with Crippen LogP contribution in [-0.2, 0) is 11.3 Å². The van der Waals surface area contributed by atoms with Gasteiger partial charge in [0.15, 0.2) is 0 Å². The van der Waals surface area contributed by atoms with E-state index in [-0.39, 0.29) is 6.09 Å². The molecule has 20 heavy (non-hydrogen) atoms. The molecule has 1 atom stereocenters. The van der Waals surface area contributed by atoms with Gasteiger partial charge in [0.2, 0.25) is 0 Å². The second kappa shape index (κ2) is 6.54. The Kier molecular flexibility index (Phi) is 4.99. The Morgan fingerprint density at radius 3 is 3.05 bits per heavy atom. The SMILES string of the molecule is CC(C)(C)OC(=O)N1CCC(CNCc2nccs2)C1. The second-order valence-corrected chi connectivity index (χ2v) is 7.12. The molecule has 5 nitrogen and oxygen atoms in total. The number of rotatable bonds is 4. The first-order chi connectivity index (χ1) is 9.44. The predicted octanol–water partition coefficient (Wildman–Crippen LogP) is 2.49. The molecule has 0 saturated carbocycles. The number of nitrogens with zero attached hydrogens (tertiary/aromatic N) is 2. The zero-order chi connectivity index (χ0) is 14.6. The van der Waals surface area contributed by atoms with Crippen molar-refractivity contribution >= 4 is 17.4 Å². The van der Waals surface area contributed by atoms with E-state index < -0.39 is 5.60 Å². The molecule has 0 spiro atoms. The van der Waals surface area contributed by atoms with Crippen LogP contribution in [0.15, 0.2) is 11.6 Å². The van der Waals surface area contributed by atoms with Gasteiger partial charge < -0.3 is 15.0 Å². The third kappa shape index (κ3) is 4.76. The summed E-state index contributed by atoms with van der Waals surface area (Å²) in [6.07, 6.45) is 2.66. The molecule has 1 aliphatic heterocycles. The average Bonchev–Trinajstić information content (AvgIpc) is 2.97. The lowest BCUT2D eigenvalue weighted by atomic mass is 10.1. The maximum absolute atomic E-state index is 11.9. The van der Waals surface area contributed by atoms with Crippen molar-refractivity contribution in [3.05, 3.63) is 16.6 Å². The summed E-state index contributed by atoms with van der Waals surface area (Å²) < 4.78 is 5.39. The topological polar surface area (TPSA) is 54.5 Å². The molecule has 1 aromatic rings. The van der Waals surface area contributed by atoms with Crippen molar-refractivity contribution < 1.29 is 9.53 Å². The molecule has 1 aliphatic rings. The van der Waals surface area contributed by atoms with Crippen LogP contribution in [0.2, 0.25) is 0 Å². The quantitative estimate of drug-likeness (QED) is 0.927. The number of hydrogen-bond acceptors (Lipinski definition) is 5. The smallest absolute Gasteiger partial charge is 0.410 e. The van der Waals surface area contributed by atoms with Gasteiger partial charge in [-0.15, -0.1) is 11.3 Å². The molecule has 1 unspecified atom stereocenters. The highest BCUT2D eigenvalue weighted by Crippen LogP contribution is 2.19. The first-order valence-corrected chi connectivity index (χ1v) is 7.89. The summed E-state index contributed by atoms with van der Waals surface area (Å²) in [4.78, 5) is 18.0. The maximum Gasteiger partial charge on any atom is 0.410 e. The molecule has 1 aromatic heterocycles. The fraction of sp³-hybridized carbons (Fsp3) is 0.714. The van der Waals surface area contributed by atoms with Crippen LogP contribution in [0.25, 0.3) is 0 Å². The predicted molar refractivity (Wildman–Crippen MR) is 79.7 cm³/mol. The Balaban J connectivity index is 1.68. The zero-order valence-electron chi connectivity index (χ0n) is 12.4. The summed E-state index contributed by atoms with van der Waals surface area (Å²) >= 11 is 1.66. The summed E-state index contributed by atoms with van der Waals surface area (Å²) in [5.74, 6) is 0.502. The van der Waals surface area contributed by atoms with Gasteiger partial charge >= 0.3 is 6.09 Å². The van der Waals surface area contributed by atoms with Crippen LogP contribution in [0.4, 0.5) is 4.79 Å². The van der Waals surface area contributed by atoms with Crippen LogP contribution in [0, 0.1) is 5.92 Å². The van der Waals surface area contributed by atoms with E-state index in [1.165, 1.54) is 0 Å². The van der Waals surface area contributed by atoms with Crippen LogP contribution in [0.3, 0.4) is 0 Å². The van der Waals surface area contributed by atoms with Crippen LogP contribution in [0.1, 0.15) is 32.2 Å². The zero-order valence-corrected chi connectivity index (χ0v) is 13.2. The molecule has 1 fully saturated rings. The Morgan fingerprint density at radius 2 is 2.40 bits per heavy atom. The van der Waals surface area contributed by atoms with E-state index in [0.29, 0.717) is 5.92 Å². The second-order valence-electron chi connectivity index (χ2n) is 6.14. The van der Waals surface area contributed by atoms with Gasteiger partial charge in [0.1, 0.15) is 10.6 Å². The fourth-order valence-corrected chi connectivity index (χ4v) is 2.80. The van der Waals surface area contributed by atoms with Crippen LogP contribution in [0.5, 0.6) is 0 Å². The number of thiazole rings is 1. The van der Waals surface area contributed by atoms with Crippen molar-refractivity contribution in [2.45, 2.75) is 39.3 Å². The number of aromatic nitrogens is 1. The number of hydrogen-bond donors (Lipinski definition) is 1. The minimum absolute atomic E-state index is 0.195. The number of nitrogens with one attached hydrogen (secondary N) is 1.